The van der Waals surface area contributed by atoms with Gasteiger partial charge in [0, 0.05) is 12.8 Å². The first kappa shape index (κ1) is 9.50. The fourth-order valence-electron chi connectivity index (χ4n) is 1.75. The van der Waals surface area contributed by atoms with E-state index in [2.05, 4.69) is 19.1 Å². The zero-order valence-electron chi connectivity index (χ0n) is 7.88. The molecule has 0 heterocycles. The first-order valence-corrected chi connectivity index (χ1v) is 4.99. The van der Waals surface area contributed by atoms with Crippen molar-refractivity contribution in [3.63, 3.8) is 0 Å². The van der Waals surface area contributed by atoms with Crippen molar-refractivity contribution in [2.24, 2.45) is 5.92 Å². The number of hydrogen-bond acceptors (Lipinski definition) is 1. The van der Waals surface area contributed by atoms with Crippen molar-refractivity contribution in [3.05, 3.63) is 12.2 Å². The molecule has 0 radical (unpaired) electrons. The molecule has 0 aliphatic heterocycles. The SMILES string of the molecule is CC/C=C\CC[C@@H]1CCC(=O)C1. The van der Waals surface area contributed by atoms with Crippen LogP contribution in [0.1, 0.15) is 45.4 Å². The molecule has 0 N–H and O–H groups in total. The summed E-state index contributed by atoms with van der Waals surface area (Å²) >= 11 is 0. The fourth-order valence-corrected chi connectivity index (χ4v) is 1.75. The average Bonchev–Trinajstić information content (AvgIpc) is 2.45. The van der Waals surface area contributed by atoms with Crippen LogP contribution in [0.15, 0.2) is 12.2 Å². The molecule has 1 rings (SSSR count). The molecule has 1 saturated carbocycles. The molecule has 0 amide bonds. The van der Waals surface area contributed by atoms with Crippen LogP contribution in [0.4, 0.5) is 0 Å². The minimum absolute atomic E-state index is 0.472. The van der Waals surface area contributed by atoms with Gasteiger partial charge in [-0.1, -0.05) is 19.1 Å². The van der Waals surface area contributed by atoms with E-state index in [0.717, 1.165) is 32.1 Å². The molecule has 0 aromatic heterocycles. The Hall–Kier alpha value is -0.590. The fraction of sp³-hybridized carbons (Fsp3) is 0.727. The summed E-state index contributed by atoms with van der Waals surface area (Å²) in [7, 11) is 0. The second kappa shape index (κ2) is 5.13. The largest absolute Gasteiger partial charge is 0.300 e. The number of hydrogen-bond donors (Lipinski definition) is 0. The monoisotopic (exact) mass is 166 g/mol. The molecule has 0 unspecified atom stereocenters. The molecule has 1 heteroatoms. The van der Waals surface area contributed by atoms with Gasteiger partial charge in [0.1, 0.15) is 5.78 Å². The normalized spacial score (nSPS) is 24.1. The summed E-state index contributed by atoms with van der Waals surface area (Å²) in [5, 5.41) is 0. The summed E-state index contributed by atoms with van der Waals surface area (Å²) in [6, 6.07) is 0. The Morgan fingerprint density at radius 2 is 2.33 bits per heavy atom. The van der Waals surface area contributed by atoms with E-state index in [-0.39, 0.29) is 0 Å². The molecule has 12 heavy (non-hydrogen) atoms. The van der Waals surface area contributed by atoms with Crippen LogP contribution in [0.25, 0.3) is 0 Å². The number of Topliss-reactive ketones (excluding diaryl/α,β-unsaturated/α-hetero) is 1. The highest BCUT2D eigenvalue weighted by Gasteiger charge is 2.20. The van der Waals surface area contributed by atoms with E-state index >= 15 is 0 Å². The van der Waals surface area contributed by atoms with E-state index in [4.69, 9.17) is 0 Å². The van der Waals surface area contributed by atoms with Crippen LogP contribution in [0, 0.1) is 5.92 Å². The van der Waals surface area contributed by atoms with Crippen LogP contribution < -0.4 is 0 Å². The topological polar surface area (TPSA) is 17.1 Å². The van der Waals surface area contributed by atoms with Gasteiger partial charge in [-0.2, -0.15) is 0 Å². The highest BCUT2D eigenvalue weighted by atomic mass is 16.1. The Morgan fingerprint density at radius 1 is 1.50 bits per heavy atom. The lowest BCUT2D eigenvalue weighted by atomic mass is 10.0. The van der Waals surface area contributed by atoms with Crippen molar-refractivity contribution in [1.82, 2.24) is 0 Å². The van der Waals surface area contributed by atoms with Crippen LogP contribution in [0.5, 0.6) is 0 Å². The third kappa shape index (κ3) is 3.21. The maximum Gasteiger partial charge on any atom is 0.133 e. The molecule has 1 aliphatic carbocycles. The Kier molecular flexibility index (Phi) is 4.06. The Balaban J connectivity index is 2.08. The van der Waals surface area contributed by atoms with Gasteiger partial charge in [0.25, 0.3) is 0 Å². The van der Waals surface area contributed by atoms with Gasteiger partial charge in [0.15, 0.2) is 0 Å². The van der Waals surface area contributed by atoms with E-state index in [0.29, 0.717) is 11.7 Å². The van der Waals surface area contributed by atoms with Crippen LogP contribution in [0.3, 0.4) is 0 Å². The second-order valence-electron chi connectivity index (χ2n) is 3.60. The van der Waals surface area contributed by atoms with Gasteiger partial charge in [-0.05, 0) is 31.6 Å². The van der Waals surface area contributed by atoms with E-state index in [9.17, 15) is 4.79 Å². The summed E-state index contributed by atoms with van der Waals surface area (Å²) in [5.41, 5.74) is 0. The summed E-state index contributed by atoms with van der Waals surface area (Å²) in [5.74, 6) is 1.17. The van der Waals surface area contributed by atoms with Gasteiger partial charge in [0.2, 0.25) is 0 Å². The van der Waals surface area contributed by atoms with Crippen LogP contribution >= 0.6 is 0 Å². The summed E-state index contributed by atoms with van der Waals surface area (Å²) in [6.07, 6.45) is 10.8. The Morgan fingerprint density at radius 3 is 2.92 bits per heavy atom. The molecule has 0 aromatic rings. The predicted octanol–water partition coefficient (Wildman–Crippen LogP) is 3.10. The third-order valence-electron chi connectivity index (χ3n) is 2.49. The van der Waals surface area contributed by atoms with Gasteiger partial charge < -0.3 is 0 Å². The lowest BCUT2D eigenvalue weighted by Gasteiger charge is -2.03. The first-order valence-electron chi connectivity index (χ1n) is 4.99. The zero-order chi connectivity index (χ0) is 8.81. The maximum atomic E-state index is 10.9. The van der Waals surface area contributed by atoms with Crippen molar-refractivity contribution in [1.29, 1.82) is 0 Å². The van der Waals surface area contributed by atoms with E-state index in [1.165, 1.54) is 6.42 Å². The second-order valence-corrected chi connectivity index (χ2v) is 3.60. The highest BCUT2D eigenvalue weighted by molar-refractivity contribution is 5.80. The molecule has 1 atom stereocenters. The van der Waals surface area contributed by atoms with Gasteiger partial charge >= 0.3 is 0 Å². The lowest BCUT2D eigenvalue weighted by Crippen LogP contribution is -1.93. The van der Waals surface area contributed by atoms with Crippen molar-refractivity contribution < 1.29 is 4.79 Å². The zero-order valence-corrected chi connectivity index (χ0v) is 7.88. The minimum atomic E-state index is 0.472. The number of allylic oxidation sites excluding steroid dienone is 2. The Bertz CT molecular complexity index is 170. The van der Waals surface area contributed by atoms with Gasteiger partial charge in [-0.3, -0.25) is 4.79 Å². The average molecular weight is 166 g/mol. The van der Waals surface area contributed by atoms with Gasteiger partial charge in [0.05, 0.1) is 0 Å². The van der Waals surface area contributed by atoms with Crippen LogP contribution in [-0.2, 0) is 4.79 Å². The van der Waals surface area contributed by atoms with E-state index < -0.39 is 0 Å². The summed E-state index contributed by atoms with van der Waals surface area (Å²) in [4.78, 5) is 10.9. The third-order valence-corrected chi connectivity index (χ3v) is 2.49. The number of ketones is 1. The molecular formula is C11H18O. The highest BCUT2D eigenvalue weighted by Crippen LogP contribution is 2.26. The smallest absolute Gasteiger partial charge is 0.133 e. The van der Waals surface area contributed by atoms with Crippen LogP contribution in [-0.4, -0.2) is 5.78 Å². The van der Waals surface area contributed by atoms with Crippen molar-refractivity contribution >= 4 is 5.78 Å². The molecule has 1 nitrogen and oxygen atoms in total. The molecule has 1 aliphatic rings. The molecular weight excluding hydrogens is 148 g/mol. The number of carbonyl (C=O) groups excluding carboxylic acids is 1. The molecule has 0 saturated heterocycles. The predicted molar refractivity (Wildman–Crippen MR) is 51.0 cm³/mol. The number of carbonyl (C=O) groups is 1. The summed E-state index contributed by atoms with van der Waals surface area (Å²) < 4.78 is 0. The Labute approximate surface area is 74.9 Å². The molecule has 68 valence electrons. The van der Waals surface area contributed by atoms with Gasteiger partial charge in [-0.15, -0.1) is 0 Å². The van der Waals surface area contributed by atoms with Gasteiger partial charge in [-0.25, -0.2) is 0 Å². The van der Waals surface area contributed by atoms with Crippen molar-refractivity contribution in [3.8, 4) is 0 Å². The maximum absolute atomic E-state index is 10.9. The molecule has 1 fully saturated rings. The minimum Gasteiger partial charge on any atom is -0.300 e. The lowest BCUT2D eigenvalue weighted by molar-refractivity contribution is -0.117. The van der Waals surface area contributed by atoms with E-state index in [1.807, 2.05) is 0 Å². The standard InChI is InChI=1S/C11H18O/c1-2-3-4-5-6-10-7-8-11(12)9-10/h3-4,10H,2,5-9H2,1H3/b4-3-/t10-/m1/s1. The number of rotatable bonds is 4. The van der Waals surface area contributed by atoms with Crippen molar-refractivity contribution in [2.45, 2.75) is 45.4 Å². The van der Waals surface area contributed by atoms with Crippen LogP contribution in [0.2, 0.25) is 0 Å². The molecule has 0 bridgehead atoms. The van der Waals surface area contributed by atoms with E-state index in [1.54, 1.807) is 0 Å². The van der Waals surface area contributed by atoms with Crippen molar-refractivity contribution in [2.75, 3.05) is 0 Å². The quantitative estimate of drug-likeness (QED) is 0.586. The summed E-state index contributed by atoms with van der Waals surface area (Å²) in [6.45, 7) is 2.15. The molecule has 0 aromatic carbocycles. The first-order chi connectivity index (χ1) is 5.83. The molecule has 0 spiro atoms.